The SMILES string of the molecule is CC(C)c1cc(-c2cccc(CC(CO)c3ccncc3)c2)c2ncccc2c1. The average molecular weight is 383 g/mol. The van der Waals surface area contributed by atoms with Crippen LogP contribution in [0.3, 0.4) is 0 Å². The molecule has 2 aromatic carbocycles. The van der Waals surface area contributed by atoms with Crippen LogP contribution in [-0.2, 0) is 6.42 Å². The summed E-state index contributed by atoms with van der Waals surface area (Å²) in [5.74, 6) is 0.511. The van der Waals surface area contributed by atoms with Gasteiger partial charge in [0, 0.05) is 35.5 Å². The number of aromatic nitrogens is 2. The summed E-state index contributed by atoms with van der Waals surface area (Å²) >= 11 is 0. The third-order valence-corrected chi connectivity index (χ3v) is 5.51. The Labute approximate surface area is 172 Å². The van der Waals surface area contributed by atoms with Gasteiger partial charge < -0.3 is 5.11 Å². The van der Waals surface area contributed by atoms with Crippen molar-refractivity contribution < 1.29 is 5.11 Å². The molecular formula is C26H26N2O. The van der Waals surface area contributed by atoms with Gasteiger partial charge in [-0.05, 0) is 64.9 Å². The molecule has 0 bridgehead atoms. The van der Waals surface area contributed by atoms with Gasteiger partial charge in [0.05, 0.1) is 12.1 Å². The monoisotopic (exact) mass is 382 g/mol. The second kappa shape index (κ2) is 8.54. The summed E-state index contributed by atoms with van der Waals surface area (Å²) in [4.78, 5) is 8.75. The van der Waals surface area contributed by atoms with Gasteiger partial charge in [-0.2, -0.15) is 0 Å². The molecule has 4 rings (SSSR count). The van der Waals surface area contributed by atoms with Gasteiger partial charge in [-0.25, -0.2) is 0 Å². The first-order chi connectivity index (χ1) is 14.2. The fourth-order valence-corrected chi connectivity index (χ4v) is 3.84. The van der Waals surface area contributed by atoms with Crippen LogP contribution < -0.4 is 0 Å². The Kier molecular flexibility index (Phi) is 5.68. The van der Waals surface area contributed by atoms with Gasteiger partial charge >= 0.3 is 0 Å². The number of nitrogens with zero attached hydrogens (tertiary/aromatic N) is 2. The van der Waals surface area contributed by atoms with Gasteiger partial charge in [0.15, 0.2) is 0 Å². The van der Waals surface area contributed by atoms with Crippen LogP contribution in [0.2, 0.25) is 0 Å². The first-order valence-corrected chi connectivity index (χ1v) is 10.1. The van der Waals surface area contributed by atoms with Crippen molar-refractivity contribution in [3.8, 4) is 11.1 Å². The van der Waals surface area contributed by atoms with Gasteiger partial charge in [0.25, 0.3) is 0 Å². The van der Waals surface area contributed by atoms with Crippen molar-refractivity contribution in [2.24, 2.45) is 0 Å². The van der Waals surface area contributed by atoms with Crippen molar-refractivity contribution in [1.29, 1.82) is 0 Å². The Bertz CT molecular complexity index is 1110. The van der Waals surface area contributed by atoms with E-state index in [0.29, 0.717) is 5.92 Å². The number of aliphatic hydroxyl groups is 1. The molecule has 0 radical (unpaired) electrons. The number of fused-ring (bicyclic) bond motifs is 1. The molecular weight excluding hydrogens is 356 g/mol. The maximum Gasteiger partial charge on any atom is 0.0780 e. The zero-order valence-corrected chi connectivity index (χ0v) is 16.9. The smallest absolute Gasteiger partial charge is 0.0780 e. The molecule has 29 heavy (non-hydrogen) atoms. The van der Waals surface area contributed by atoms with Crippen LogP contribution in [0, 0.1) is 0 Å². The van der Waals surface area contributed by atoms with E-state index in [4.69, 9.17) is 0 Å². The molecule has 4 aromatic rings. The van der Waals surface area contributed by atoms with E-state index in [-0.39, 0.29) is 12.5 Å². The van der Waals surface area contributed by atoms with Crippen LogP contribution in [0.1, 0.15) is 42.4 Å². The van der Waals surface area contributed by atoms with Gasteiger partial charge in [0.1, 0.15) is 0 Å². The molecule has 2 heterocycles. The second-order valence-electron chi connectivity index (χ2n) is 7.86. The molecule has 0 fully saturated rings. The lowest BCUT2D eigenvalue weighted by Gasteiger charge is -2.16. The summed E-state index contributed by atoms with van der Waals surface area (Å²) in [6, 6.07) is 21.2. The maximum atomic E-state index is 9.94. The lowest BCUT2D eigenvalue weighted by Crippen LogP contribution is -2.08. The van der Waals surface area contributed by atoms with Crippen molar-refractivity contribution in [2.75, 3.05) is 6.61 Å². The van der Waals surface area contributed by atoms with Crippen molar-refractivity contribution in [3.05, 3.63) is 95.9 Å². The van der Waals surface area contributed by atoms with E-state index in [9.17, 15) is 5.11 Å². The number of benzene rings is 2. The normalized spacial score (nSPS) is 12.4. The highest BCUT2D eigenvalue weighted by Gasteiger charge is 2.14. The van der Waals surface area contributed by atoms with Gasteiger partial charge in [-0.3, -0.25) is 9.97 Å². The molecule has 0 saturated heterocycles. The topological polar surface area (TPSA) is 46.0 Å². The third-order valence-electron chi connectivity index (χ3n) is 5.51. The summed E-state index contributed by atoms with van der Waals surface area (Å²) < 4.78 is 0. The Balaban J connectivity index is 1.74. The lowest BCUT2D eigenvalue weighted by molar-refractivity contribution is 0.264. The highest BCUT2D eigenvalue weighted by molar-refractivity contribution is 5.94. The van der Waals surface area contributed by atoms with Crippen molar-refractivity contribution in [2.45, 2.75) is 32.1 Å². The van der Waals surface area contributed by atoms with Crippen molar-refractivity contribution in [3.63, 3.8) is 0 Å². The van der Waals surface area contributed by atoms with E-state index in [2.05, 4.69) is 66.3 Å². The fourth-order valence-electron chi connectivity index (χ4n) is 3.84. The van der Waals surface area contributed by atoms with Crippen LogP contribution in [-0.4, -0.2) is 21.7 Å². The summed E-state index contributed by atoms with van der Waals surface area (Å²) in [6.07, 6.45) is 6.20. The Morgan fingerprint density at radius 1 is 0.862 bits per heavy atom. The lowest BCUT2D eigenvalue weighted by atomic mass is 9.90. The van der Waals surface area contributed by atoms with E-state index < -0.39 is 0 Å². The maximum absolute atomic E-state index is 9.94. The molecule has 3 nitrogen and oxygen atoms in total. The summed E-state index contributed by atoms with van der Waals surface area (Å²) in [5, 5.41) is 11.1. The number of aliphatic hydroxyl groups excluding tert-OH is 1. The molecule has 0 aliphatic rings. The molecule has 146 valence electrons. The van der Waals surface area contributed by atoms with E-state index in [1.165, 1.54) is 22.1 Å². The number of pyridine rings is 2. The molecule has 2 aromatic heterocycles. The summed E-state index contributed by atoms with van der Waals surface area (Å²) in [5.41, 5.74) is 7.00. The first kappa shape index (κ1) is 19.3. The van der Waals surface area contributed by atoms with E-state index >= 15 is 0 Å². The fraction of sp³-hybridized carbons (Fsp3) is 0.231. The van der Waals surface area contributed by atoms with E-state index in [1.54, 1.807) is 12.4 Å². The van der Waals surface area contributed by atoms with Crippen LogP contribution in [0.15, 0.2) is 79.3 Å². The summed E-state index contributed by atoms with van der Waals surface area (Å²) in [7, 11) is 0. The predicted molar refractivity (Wildman–Crippen MR) is 119 cm³/mol. The highest BCUT2D eigenvalue weighted by Crippen LogP contribution is 2.32. The van der Waals surface area contributed by atoms with Crippen molar-refractivity contribution >= 4 is 10.9 Å². The molecule has 1 unspecified atom stereocenters. The predicted octanol–water partition coefficient (Wildman–Crippen LogP) is 5.74. The van der Waals surface area contributed by atoms with E-state index in [0.717, 1.165) is 23.1 Å². The highest BCUT2D eigenvalue weighted by atomic mass is 16.3. The molecule has 0 spiro atoms. The Hall–Kier alpha value is -3.04. The molecule has 1 atom stereocenters. The second-order valence-corrected chi connectivity index (χ2v) is 7.86. The van der Waals surface area contributed by atoms with Gasteiger partial charge in [0.2, 0.25) is 0 Å². The molecule has 1 N–H and O–H groups in total. The Morgan fingerprint density at radius 3 is 2.45 bits per heavy atom. The zero-order chi connectivity index (χ0) is 20.2. The number of rotatable bonds is 6. The molecule has 0 saturated carbocycles. The average Bonchev–Trinajstić information content (AvgIpc) is 2.77. The molecule has 3 heteroatoms. The Morgan fingerprint density at radius 2 is 1.69 bits per heavy atom. The molecule has 0 amide bonds. The van der Waals surface area contributed by atoms with Crippen molar-refractivity contribution in [1.82, 2.24) is 9.97 Å². The standard InChI is InChI=1S/C26H26N2O/c1-18(2)23-15-22-7-4-10-28-26(22)25(16-23)21-6-3-5-19(13-21)14-24(17-29)20-8-11-27-12-9-20/h3-13,15-16,18,24,29H,14,17H2,1-2H3. The minimum atomic E-state index is 0.0603. The quantitative estimate of drug-likeness (QED) is 0.462. The third kappa shape index (κ3) is 4.20. The van der Waals surface area contributed by atoms with Gasteiger partial charge in [-0.1, -0.05) is 44.2 Å². The number of hydrogen-bond acceptors (Lipinski definition) is 3. The van der Waals surface area contributed by atoms with Gasteiger partial charge in [-0.15, -0.1) is 0 Å². The van der Waals surface area contributed by atoms with Crippen LogP contribution >= 0.6 is 0 Å². The molecule has 0 aliphatic heterocycles. The summed E-state index contributed by atoms with van der Waals surface area (Å²) in [6.45, 7) is 4.55. The zero-order valence-electron chi connectivity index (χ0n) is 16.9. The first-order valence-electron chi connectivity index (χ1n) is 10.1. The minimum Gasteiger partial charge on any atom is -0.396 e. The van der Waals surface area contributed by atoms with Crippen LogP contribution in [0.5, 0.6) is 0 Å². The minimum absolute atomic E-state index is 0.0603. The van der Waals surface area contributed by atoms with Crippen LogP contribution in [0.25, 0.3) is 22.0 Å². The van der Waals surface area contributed by atoms with E-state index in [1.807, 2.05) is 24.4 Å². The molecule has 0 aliphatic carbocycles. The van der Waals surface area contributed by atoms with Crippen LogP contribution in [0.4, 0.5) is 0 Å². The number of hydrogen-bond donors (Lipinski definition) is 1. The largest absolute Gasteiger partial charge is 0.396 e.